The zero-order chi connectivity index (χ0) is 36.9. The van der Waals surface area contributed by atoms with Crippen molar-refractivity contribution in [3.63, 3.8) is 0 Å². The molecule has 2 amide bonds. The molecule has 4 fully saturated rings. The average molecular weight is 717 g/mol. The van der Waals surface area contributed by atoms with E-state index >= 15 is 0 Å². The molecule has 11 heteroatoms. The highest BCUT2D eigenvalue weighted by Gasteiger charge is 2.54. The second kappa shape index (κ2) is 14.3. The Kier molecular flexibility index (Phi) is 10.0. The fourth-order valence-electron chi connectivity index (χ4n) is 8.55. The van der Waals surface area contributed by atoms with Crippen molar-refractivity contribution in [1.29, 1.82) is 0 Å². The third-order valence-corrected chi connectivity index (χ3v) is 12.4. The number of methoxy groups -OCH3 is 1. The molecule has 282 valence electrons. The van der Waals surface area contributed by atoms with Gasteiger partial charge in [0, 0.05) is 23.8 Å². The highest BCUT2D eigenvalue weighted by Crippen LogP contribution is 2.52. The predicted octanol–water partition coefficient (Wildman–Crippen LogP) is 6.19. The number of benzene rings is 1. The molecule has 2 bridgehead atoms. The topological polar surface area (TPSA) is 140 Å². The molecule has 5 aliphatic rings. The number of hydrogen-bond donors (Lipinski definition) is 2. The lowest BCUT2D eigenvalue weighted by Gasteiger charge is -2.36. The Morgan fingerprint density at radius 2 is 1.94 bits per heavy atom. The fourth-order valence-corrected chi connectivity index (χ4v) is 8.55. The lowest BCUT2D eigenvalue weighted by Crippen LogP contribution is -2.57. The number of aryl methyl sites for hydroxylation is 1. The van der Waals surface area contributed by atoms with E-state index < -0.39 is 41.7 Å². The molecule has 2 aliphatic heterocycles. The Morgan fingerprint density at radius 1 is 1.15 bits per heavy atom. The van der Waals surface area contributed by atoms with Crippen molar-refractivity contribution < 1.29 is 33.7 Å². The van der Waals surface area contributed by atoms with E-state index in [4.69, 9.17) is 24.2 Å². The summed E-state index contributed by atoms with van der Waals surface area (Å²) in [6.45, 7) is 12.0. The number of ether oxygens (including phenoxy) is 3. The summed E-state index contributed by atoms with van der Waals surface area (Å²) in [4.78, 5) is 54.5. The van der Waals surface area contributed by atoms with E-state index in [9.17, 15) is 19.5 Å². The van der Waals surface area contributed by atoms with Gasteiger partial charge in [0.15, 0.2) is 5.78 Å². The summed E-state index contributed by atoms with van der Waals surface area (Å²) in [5.74, 6) is 0.762. The number of Topliss-reactive ketones (excluding diaryl/α,β-unsaturated/α-hetero) is 1. The molecule has 11 nitrogen and oxygen atoms in total. The number of rotatable bonds is 8. The van der Waals surface area contributed by atoms with Gasteiger partial charge in [-0.15, -0.1) is 6.58 Å². The normalized spacial score (nSPS) is 32.2. The summed E-state index contributed by atoms with van der Waals surface area (Å²) in [5.41, 5.74) is 1.36. The number of fused-ring (bicyclic) bond motifs is 5. The van der Waals surface area contributed by atoms with Crippen LogP contribution in [-0.4, -0.2) is 81.8 Å². The van der Waals surface area contributed by atoms with E-state index in [2.05, 4.69) is 18.8 Å². The Bertz CT molecular complexity index is 1700. The molecule has 9 atom stereocenters. The predicted molar refractivity (Wildman–Crippen MR) is 196 cm³/mol. The van der Waals surface area contributed by atoms with Crippen molar-refractivity contribution >= 4 is 28.8 Å². The molecular formula is C41H56N4O7. The quantitative estimate of drug-likeness (QED) is 0.306. The lowest BCUT2D eigenvalue weighted by molar-refractivity contribution is -0.143. The molecule has 7 rings (SSSR count). The zero-order valence-corrected chi connectivity index (χ0v) is 31.4. The van der Waals surface area contributed by atoms with Crippen molar-refractivity contribution in [2.45, 2.75) is 129 Å². The number of nitrogens with zero attached hydrogens (tertiary/aromatic N) is 3. The van der Waals surface area contributed by atoms with E-state index in [1.165, 1.54) is 0 Å². The first-order valence-corrected chi connectivity index (χ1v) is 19.4. The SMILES string of the molecule is C=CC1CC1C(CC(O)C1CC1)C(=O)C1CC2CN1C(=O)C(C(C)(C)C)NC(=O)OC1CC1(C)CCCCCc1nc3ccc(OC)cc3nc1O2. The molecule has 0 radical (unpaired) electrons. The third kappa shape index (κ3) is 7.80. The number of aliphatic hydroxyl groups is 1. The van der Waals surface area contributed by atoms with E-state index in [1.807, 2.05) is 45.0 Å². The maximum absolute atomic E-state index is 14.8. The zero-order valence-electron chi connectivity index (χ0n) is 31.4. The molecule has 52 heavy (non-hydrogen) atoms. The summed E-state index contributed by atoms with van der Waals surface area (Å²) in [6.07, 6.45) is 8.65. The minimum absolute atomic E-state index is 0.0575. The molecule has 1 aromatic carbocycles. The van der Waals surface area contributed by atoms with Crippen LogP contribution in [-0.2, 0) is 20.7 Å². The molecule has 1 saturated heterocycles. The molecule has 2 N–H and O–H groups in total. The first kappa shape index (κ1) is 36.6. The van der Waals surface area contributed by atoms with Gasteiger partial charge in [-0.2, -0.15) is 0 Å². The van der Waals surface area contributed by atoms with Crippen LogP contribution in [0.15, 0.2) is 30.9 Å². The van der Waals surface area contributed by atoms with Crippen LogP contribution < -0.4 is 14.8 Å². The number of amides is 2. The number of allylic oxidation sites excluding steroid dienone is 1. The van der Waals surface area contributed by atoms with Gasteiger partial charge in [0.1, 0.15) is 29.7 Å². The summed E-state index contributed by atoms with van der Waals surface area (Å²) in [5, 5.41) is 14.0. The maximum Gasteiger partial charge on any atom is 0.408 e. The van der Waals surface area contributed by atoms with Crippen LogP contribution in [0, 0.1) is 34.5 Å². The second-order valence-electron chi connectivity index (χ2n) is 17.5. The van der Waals surface area contributed by atoms with Gasteiger partial charge in [0.2, 0.25) is 11.8 Å². The maximum atomic E-state index is 14.8. The number of carbonyl (C=O) groups excluding carboxylic acids is 3. The first-order chi connectivity index (χ1) is 24.8. The second-order valence-corrected chi connectivity index (χ2v) is 17.5. The van der Waals surface area contributed by atoms with Crippen LogP contribution >= 0.6 is 0 Å². The standard InChI is InChI=1S/C41H56N4O7/c1-7-23-17-27(23)28(20-33(46)24-12-13-24)35(47)32-19-26-22-45(32)38(48)36(40(2,3)4)44-39(49)52-34-21-41(34,5)16-10-8-9-11-30-37(51-26)43-31-18-25(50-6)14-15-29(31)42-30/h7,14-15,18,23-24,26-28,32-34,36,46H,1,8-13,16-17,19-22H2,2-6H3,(H,44,49). The van der Waals surface area contributed by atoms with Crippen molar-refractivity contribution in [2.75, 3.05) is 13.7 Å². The van der Waals surface area contributed by atoms with Gasteiger partial charge in [0.05, 0.1) is 36.8 Å². The van der Waals surface area contributed by atoms with Gasteiger partial charge < -0.3 is 29.5 Å². The van der Waals surface area contributed by atoms with Gasteiger partial charge in [0.25, 0.3) is 0 Å². The number of aromatic nitrogens is 2. The van der Waals surface area contributed by atoms with Gasteiger partial charge in [-0.05, 0) is 86.7 Å². The largest absolute Gasteiger partial charge is 0.497 e. The van der Waals surface area contributed by atoms with Crippen LogP contribution in [0.25, 0.3) is 11.0 Å². The van der Waals surface area contributed by atoms with Crippen LogP contribution in [0.1, 0.15) is 97.6 Å². The van der Waals surface area contributed by atoms with Crippen LogP contribution in [0.2, 0.25) is 0 Å². The third-order valence-electron chi connectivity index (χ3n) is 12.4. The van der Waals surface area contributed by atoms with E-state index in [-0.39, 0.29) is 53.9 Å². The molecular weight excluding hydrogens is 660 g/mol. The van der Waals surface area contributed by atoms with E-state index in [0.717, 1.165) is 62.6 Å². The molecule has 2 aromatic rings. The molecule has 3 aliphatic carbocycles. The molecule has 3 heterocycles. The summed E-state index contributed by atoms with van der Waals surface area (Å²) >= 11 is 0. The number of carbonyl (C=O) groups is 3. The highest BCUT2D eigenvalue weighted by atomic mass is 16.6. The van der Waals surface area contributed by atoms with Gasteiger partial charge in [-0.3, -0.25) is 9.59 Å². The highest BCUT2D eigenvalue weighted by molar-refractivity contribution is 5.94. The molecule has 1 aromatic heterocycles. The van der Waals surface area contributed by atoms with Gasteiger partial charge in [-0.25, -0.2) is 14.8 Å². The Balaban J connectivity index is 1.24. The first-order valence-electron chi connectivity index (χ1n) is 19.4. The van der Waals surface area contributed by atoms with E-state index in [0.29, 0.717) is 30.0 Å². The minimum Gasteiger partial charge on any atom is -0.497 e. The van der Waals surface area contributed by atoms with Crippen LogP contribution in [0.3, 0.4) is 0 Å². The van der Waals surface area contributed by atoms with Crippen molar-refractivity contribution in [1.82, 2.24) is 20.2 Å². The Morgan fingerprint density at radius 3 is 2.63 bits per heavy atom. The van der Waals surface area contributed by atoms with Crippen molar-refractivity contribution in [2.24, 2.45) is 34.5 Å². The van der Waals surface area contributed by atoms with Gasteiger partial charge in [-0.1, -0.05) is 46.6 Å². The molecule has 9 unspecified atom stereocenters. The number of hydrogen-bond acceptors (Lipinski definition) is 9. The Labute approximate surface area is 307 Å². The summed E-state index contributed by atoms with van der Waals surface area (Å²) in [6, 6.07) is 3.86. The molecule has 3 saturated carbocycles. The number of aliphatic hydroxyl groups excluding tert-OH is 1. The van der Waals surface area contributed by atoms with Crippen molar-refractivity contribution in [3.05, 3.63) is 36.5 Å². The lowest BCUT2D eigenvalue weighted by atomic mass is 9.83. The summed E-state index contributed by atoms with van der Waals surface area (Å²) < 4.78 is 18.1. The monoisotopic (exact) mass is 716 g/mol. The van der Waals surface area contributed by atoms with Crippen molar-refractivity contribution in [3.8, 4) is 11.6 Å². The number of alkyl carbamates (subject to hydrolysis) is 1. The molecule has 0 spiro atoms. The van der Waals surface area contributed by atoms with Crippen LogP contribution in [0.4, 0.5) is 4.79 Å². The Hall–Kier alpha value is -3.73. The van der Waals surface area contributed by atoms with E-state index in [1.54, 1.807) is 12.0 Å². The van der Waals surface area contributed by atoms with Crippen LogP contribution in [0.5, 0.6) is 11.6 Å². The number of nitrogens with one attached hydrogen (secondary N) is 1. The fraction of sp³-hybridized carbons (Fsp3) is 0.683. The average Bonchev–Trinajstić information content (AvgIpc) is 4.05. The van der Waals surface area contributed by atoms with Gasteiger partial charge >= 0.3 is 6.09 Å². The minimum atomic E-state index is -0.946. The summed E-state index contributed by atoms with van der Waals surface area (Å²) in [7, 11) is 1.61. The number of ketones is 1. The smallest absolute Gasteiger partial charge is 0.408 e.